The molecule has 0 unspecified atom stereocenters. The van der Waals surface area contributed by atoms with Gasteiger partial charge in [-0.2, -0.15) is 0 Å². The van der Waals surface area contributed by atoms with Gasteiger partial charge in [0.2, 0.25) is 0 Å². The van der Waals surface area contributed by atoms with E-state index in [1.54, 1.807) is 4.57 Å². The number of hydrogen-bond acceptors (Lipinski definition) is 4. The Hall–Kier alpha value is -1.59. The van der Waals surface area contributed by atoms with Crippen molar-refractivity contribution in [3.8, 4) is 0 Å². The lowest BCUT2D eigenvalue weighted by Gasteiger charge is -2.31. The van der Waals surface area contributed by atoms with Crippen LogP contribution in [0.2, 0.25) is 0 Å². The van der Waals surface area contributed by atoms with E-state index in [1.165, 1.54) is 12.8 Å². The monoisotopic (exact) mass is 289 g/mol. The molecule has 1 saturated heterocycles. The summed E-state index contributed by atoms with van der Waals surface area (Å²) in [5.74, 6) is 0.546. The Bertz CT molecular complexity index is 638. The number of aromatic nitrogens is 1. The van der Waals surface area contributed by atoms with Crippen LogP contribution in [0, 0.1) is 5.92 Å². The van der Waals surface area contributed by atoms with Gasteiger partial charge in [0.25, 0.3) is 0 Å². The van der Waals surface area contributed by atoms with Crippen molar-refractivity contribution in [1.82, 2.24) is 14.8 Å². The predicted molar refractivity (Wildman–Crippen MR) is 83.6 cm³/mol. The number of piperidine rings is 1. The van der Waals surface area contributed by atoms with Gasteiger partial charge in [0.15, 0.2) is 5.58 Å². The molecule has 5 heteroatoms. The third-order valence-electron chi connectivity index (χ3n) is 4.41. The highest BCUT2D eigenvalue weighted by Crippen LogP contribution is 2.17. The number of rotatable bonds is 5. The van der Waals surface area contributed by atoms with E-state index >= 15 is 0 Å². The molecule has 1 aromatic carbocycles. The molecule has 0 amide bonds. The van der Waals surface area contributed by atoms with Crippen LogP contribution in [0.25, 0.3) is 11.1 Å². The molecule has 2 aromatic rings. The molecule has 5 nitrogen and oxygen atoms in total. The van der Waals surface area contributed by atoms with Crippen molar-refractivity contribution < 1.29 is 4.42 Å². The fourth-order valence-corrected chi connectivity index (χ4v) is 3.17. The molecule has 0 radical (unpaired) electrons. The van der Waals surface area contributed by atoms with Crippen molar-refractivity contribution in [1.29, 1.82) is 0 Å². The van der Waals surface area contributed by atoms with Gasteiger partial charge < -0.3 is 14.6 Å². The number of nitrogens with zero attached hydrogens (tertiary/aromatic N) is 2. The summed E-state index contributed by atoms with van der Waals surface area (Å²) in [5, 5.41) is 3.26. The largest absolute Gasteiger partial charge is 0.419 e. The maximum absolute atomic E-state index is 11.9. The summed E-state index contributed by atoms with van der Waals surface area (Å²) in [6, 6.07) is 7.62. The summed E-state index contributed by atoms with van der Waals surface area (Å²) in [5.41, 5.74) is 1.57. The molecule has 0 atom stereocenters. The SMILES string of the molecule is CNCC1CCN(CCn2c(=O)oc3ccccc32)CC1. The van der Waals surface area contributed by atoms with Crippen molar-refractivity contribution in [2.75, 3.05) is 33.2 Å². The van der Waals surface area contributed by atoms with Gasteiger partial charge in [-0.15, -0.1) is 0 Å². The molecular formula is C16H23N3O2. The van der Waals surface area contributed by atoms with Crippen LogP contribution >= 0.6 is 0 Å². The van der Waals surface area contributed by atoms with Crippen LogP contribution < -0.4 is 11.1 Å². The van der Waals surface area contributed by atoms with E-state index in [4.69, 9.17) is 4.42 Å². The first-order valence-electron chi connectivity index (χ1n) is 7.73. The first-order chi connectivity index (χ1) is 10.3. The lowest BCUT2D eigenvalue weighted by Crippen LogP contribution is -2.38. The first-order valence-corrected chi connectivity index (χ1v) is 7.73. The quantitative estimate of drug-likeness (QED) is 0.907. The minimum atomic E-state index is -0.249. The van der Waals surface area contributed by atoms with Crippen LogP contribution in [-0.4, -0.2) is 42.7 Å². The number of benzene rings is 1. The molecule has 1 aliphatic heterocycles. The average molecular weight is 289 g/mol. The van der Waals surface area contributed by atoms with Gasteiger partial charge >= 0.3 is 5.76 Å². The van der Waals surface area contributed by atoms with Crippen molar-refractivity contribution in [3.05, 3.63) is 34.8 Å². The van der Waals surface area contributed by atoms with E-state index in [9.17, 15) is 4.79 Å². The average Bonchev–Trinajstić information content (AvgIpc) is 2.82. The van der Waals surface area contributed by atoms with Crippen LogP contribution in [0.5, 0.6) is 0 Å². The second kappa shape index (κ2) is 6.45. The van der Waals surface area contributed by atoms with Gasteiger partial charge in [0.05, 0.1) is 5.52 Å². The molecule has 1 aromatic heterocycles. The van der Waals surface area contributed by atoms with E-state index in [-0.39, 0.29) is 5.76 Å². The fourth-order valence-electron chi connectivity index (χ4n) is 3.17. The molecule has 1 fully saturated rings. The van der Waals surface area contributed by atoms with Crippen molar-refractivity contribution in [2.45, 2.75) is 19.4 Å². The molecule has 1 N–H and O–H groups in total. The van der Waals surface area contributed by atoms with Gasteiger partial charge in [0.1, 0.15) is 0 Å². The highest BCUT2D eigenvalue weighted by Gasteiger charge is 2.19. The molecule has 0 spiro atoms. The van der Waals surface area contributed by atoms with E-state index in [0.717, 1.165) is 37.6 Å². The van der Waals surface area contributed by atoms with Crippen molar-refractivity contribution in [3.63, 3.8) is 0 Å². The fraction of sp³-hybridized carbons (Fsp3) is 0.562. The molecule has 3 rings (SSSR count). The van der Waals surface area contributed by atoms with E-state index in [2.05, 4.69) is 10.2 Å². The Morgan fingerprint density at radius 2 is 2.00 bits per heavy atom. The molecule has 1 aliphatic rings. The summed E-state index contributed by atoms with van der Waals surface area (Å²) in [4.78, 5) is 14.4. The molecule has 2 heterocycles. The van der Waals surface area contributed by atoms with Gasteiger partial charge in [-0.1, -0.05) is 12.1 Å². The number of likely N-dealkylation sites (tertiary alicyclic amines) is 1. The van der Waals surface area contributed by atoms with Gasteiger partial charge in [-0.3, -0.25) is 4.57 Å². The van der Waals surface area contributed by atoms with Gasteiger partial charge in [-0.05, 0) is 57.6 Å². The first kappa shape index (κ1) is 14.4. The van der Waals surface area contributed by atoms with Crippen LogP contribution in [0.4, 0.5) is 0 Å². The number of hydrogen-bond donors (Lipinski definition) is 1. The van der Waals surface area contributed by atoms with Crippen LogP contribution in [0.1, 0.15) is 12.8 Å². The van der Waals surface area contributed by atoms with Crippen LogP contribution in [0.15, 0.2) is 33.5 Å². The summed E-state index contributed by atoms with van der Waals surface area (Å²) in [6.45, 7) is 4.97. The van der Waals surface area contributed by atoms with Crippen molar-refractivity contribution in [2.24, 2.45) is 5.92 Å². The molecule has 114 valence electrons. The summed E-state index contributed by atoms with van der Waals surface area (Å²) in [6.07, 6.45) is 2.48. The number of para-hydroxylation sites is 2. The van der Waals surface area contributed by atoms with Crippen LogP contribution in [-0.2, 0) is 6.54 Å². The van der Waals surface area contributed by atoms with E-state index < -0.39 is 0 Å². The zero-order chi connectivity index (χ0) is 14.7. The second-order valence-electron chi connectivity index (χ2n) is 5.83. The lowest BCUT2D eigenvalue weighted by atomic mass is 9.97. The molecule has 0 aliphatic carbocycles. The molecule has 0 bridgehead atoms. The van der Waals surface area contributed by atoms with Gasteiger partial charge in [0, 0.05) is 13.1 Å². The van der Waals surface area contributed by atoms with Crippen LogP contribution in [0.3, 0.4) is 0 Å². The normalized spacial score (nSPS) is 17.6. The third-order valence-corrected chi connectivity index (χ3v) is 4.41. The third kappa shape index (κ3) is 3.19. The maximum atomic E-state index is 11.9. The number of nitrogens with one attached hydrogen (secondary N) is 1. The Kier molecular flexibility index (Phi) is 4.41. The zero-order valence-corrected chi connectivity index (χ0v) is 12.5. The highest BCUT2D eigenvalue weighted by molar-refractivity contribution is 5.72. The minimum absolute atomic E-state index is 0.249. The zero-order valence-electron chi connectivity index (χ0n) is 12.5. The maximum Gasteiger partial charge on any atom is 0.419 e. The number of fused-ring (bicyclic) bond motifs is 1. The Balaban J connectivity index is 1.60. The van der Waals surface area contributed by atoms with Gasteiger partial charge in [-0.25, -0.2) is 4.79 Å². The Labute approximate surface area is 124 Å². The molecule has 21 heavy (non-hydrogen) atoms. The predicted octanol–water partition coefficient (Wildman–Crippen LogP) is 1.53. The number of oxazole rings is 1. The highest BCUT2D eigenvalue weighted by atomic mass is 16.4. The summed E-state index contributed by atoms with van der Waals surface area (Å²) >= 11 is 0. The Morgan fingerprint density at radius 3 is 2.76 bits per heavy atom. The smallest absolute Gasteiger partial charge is 0.408 e. The lowest BCUT2D eigenvalue weighted by molar-refractivity contribution is 0.177. The van der Waals surface area contributed by atoms with E-state index in [1.807, 2.05) is 31.3 Å². The molecular weight excluding hydrogens is 266 g/mol. The Morgan fingerprint density at radius 1 is 1.24 bits per heavy atom. The van der Waals surface area contributed by atoms with Crippen molar-refractivity contribution >= 4 is 11.1 Å². The summed E-state index contributed by atoms with van der Waals surface area (Å²) in [7, 11) is 2.02. The topological polar surface area (TPSA) is 50.4 Å². The minimum Gasteiger partial charge on any atom is -0.408 e. The standard InChI is InChI=1S/C16H23N3O2/c1-17-12-13-6-8-18(9-7-13)10-11-19-14-4-2-3-5-15(14)21-16(19)20/h2-5,13,17H,6-12H2,1H3. The molecule has 0 saturated carbocycles. The second-order valence-corrected chi connectivity index (χ2v) is 5.83. The summed E-state index contributed by atoms with van der Waals surface area (Å²) < 4.78 is 7.01. The van der Waals surface area contributed by atoms with E-state index in [0.29, 0.717) is 12.1 Å².